The molecule has 5 nitrogen and oxygen atoms in total. The highest BCUT2D eigenvalue weighted by Crippen LogP contribution is 2.28. The third kappa shape index (κ3) is 3.24. The maximum absolute atomic E-state index is 13.3. The van der Waals surface area contributed by atoms with E-state index in [1.54, 1.807) is 25.1 Å². The van der Waals surface area contributed by atoms with Crippen LogP contribution in [0.5, 0.6) is 0 Å². The second-order valence-electron chi connectivity index (χ2n) is 6.76. The maximum atomic E-state index is 13.3. The van der Waals surface area contributed by atoms with E-state index in [0.29, 0.717) is 33.6 Å². The van der Waals surface area contributed by atoms with Crippen molar-refractivity contribution < 1.29 is 13.7 Å². The Balaban J connectivity index is 1.79. The zero-order valence-electron chi connectivity index (χ0n) is 15.7. The van der Waals surface area contributed by atoms with Crippen LogP contribution in [-0.2, 0) is 0 Å². The Morgan fingerprint density at radius 1 is 1.00 bits per heavy atom. The second kappa shape index (κ2) is 6.88. The normalized spacial score (nSPS) is 11.0. The Hall–Kier alpha value is -3.54. The molecule has 0 bridgehead atoms. The molecule has 0 atom stereocenters. The van der Waals surface area contributed by atoms with Crippen molar-refractivity contribution in [3.63, 3.8) is 0 Å². The summed E-state index contributed by atoms with van der Waals surface area (Å²) in [6.45, 7) is 5.77. The van der Waals surface area contributed by atoms with Crippen molar-refractivity contribution in [3.8, 4) is 11.3 Å². The largest absolute Gasteiger partial charge is 0.335 e. The van der Waals surface area contributed by atoms with E-state index < -0.39 is 0 Å². The van der Waals surface area contributed by atoms with Crippen LogP contribution in [0, 0.1) is 26.6 Å². The fourth-order valence-electron chi connectivity index (χ4n) is 3.06. The number of benzene rings is 2. The van der Waals surface area contributed by atoms with Crippen LogP contribution in [0.2, 0.25) is 0 Å². The van der Waals surface area contributed by atoms with Crippen LogP contribution in [0.4, 0.5) is 10.1 Å². The first-order valence-corrected chi connectivity index (χ1v) is 8.84. The number of nitrogens with one attached hydrogen (secondary N) is 1. The number of amides is 1. The standard InChI is InChI=1S/C22H18FN3O2/c1-12-4-9-17(10-13(12)2)24-21(27)18-11-19(15-5-7-16(23)8-6-15)25-22-20(18)14(3)26-28-22/h4-11H,1-3H3,(H,24,27). The van der Waals surface area contributed by atoms with Gasteiger partial charge in [0.25, 0.3) is 11.6 Å². The number of aromatic nitrogens is 2. The lowest BCUT2D eigenvalue weighted by Gasteiger charge is -2.10. The first-order valence-electron chi connectivity index (χ1n) is 8.84. The van der Waals surface area contributed by atoms with E-state index in [-0.39, 0.29) is 17.4 Å². The molecule has 1 amide bonds. The molecule has 0 saturated heterocycles. The van der Waals surface area contributed by atoms with Crippen LogP contribution in [0.3, 0.4) is 0 Å². The summed E-state index contributed by atoms with van der Waals surface area (Å²) >= 11 is 0. The zero-order chi connectivity index (χ0) is 19.8. The molecule has 0 radical (unpaired) electrons. The van der Waals surface area contributed by atoms with Crippen molar-refractivity contribution in [2.75, 3.05) is 5.32 Å². The average molecular weight is 375 g/mol. The van der Waals surface area contributed by atoms with Gasteiger partial charge >= 0.3 is 0 Å². The molecule has 0 spiro atoms. The summed E-state index contributed by atoms with van der Waals surface area (Å²) in [5.41, 5.74) is 5.38. The smallest absolute Gasteiger partial charge is 0.259 e. The second-order valence-corrected chi connectivity index (χ2v) is 6.76. The molecule has 0 aliphatic carbocycles. The van der Waals surface area contributed by atoms with Gasteiger partial charge in [0.2, 0.25) is 0 Å². The van der Waals surface area contributed by atoms with E-state index in [4.69, 9.17) is 4.52 Å². The van der Waals surface area contributed by atoms with Crippen LogP contribution in [-0.4, -0.2) is 16.0 Å². The third-order valence-electron chi connectivity index (χ3n) is 4.77. The van der Waals surface area contributed by atoms with E-state index in [1.165, 1.54) is 12.1 Å². The molecule has 2 aromatic carbocycles. The van der Waals surface area contributed by atoms with Gasteiger partial charge in [-0.25, -0.2) is 9.37 Å². The summed E-state index contributed by atoms with van der Waals surface area (Å²) in [5, 5.41) is 7.43. The number of carbonyl (C=O) groups excluding carboxylic acids is 1. The van der Waals surface area contributed by atoms with Crippen LogP contribution in [0.1, 0.15) is 27.2 Å². The Morgan fingerprint density at radius 3 is 2.46 bits per heavy atom. The van der Waals surface area contributed by atoms with Crippen molar-refractivity contribution in [3.05, 3.63) is 76.7 Å². The van der Waals surface area contributed by atoms with E-state index in [9.17, 15) is 9.18 Å². The van der Waals surface area contributed by atoms with E-state index in [2.05, 4.69) is 15.5 Å². The van der Waals surface area contributed by atoms with Gasteiger partial charge in [0.1, 0.15) is 5.82 Å². The van der Waals surface area contributed by atoms with Crippen molar-refractivity contribution >= 4 is 22.7 Å². The summed E-state index contributed by atoms with van der Waals surface area (Å²) in [6.07, 6.45) is 0. The minimum absolute atomic E-state index is 0.268. The number of anilines is 1. The van der Waals surface area contributed by atoms with Gasteiger partial charge in [0, 0.05) is 11.3 Å². The zero-order valence-corrected chi connectivity index (χ0v) is 15.7. The monoisotopic (exact) mass is 375 g/mol. The van der Waals surface area contributed by atoms with E-state index >= 15 is 0 Å². The number of rotatable bonds is 3. The molecule has 140 valence electrons. The number of halogens is 1. The van der Waals surface area contributed by atoms with Crippen LogP contribution in [0.15, 0.2) is 53.1 Å². The maximum Gasteiger partial charge on any atom is 0.259 e. The third-order valence-corrected chi connectivity index (χ3v) is 4.77. The summed E-state index contributed by atoms with van der Waals surface area (Å²) in [6, 6.07) is 13.3. The summed E-state index contributed by atoms with van der Waals surface area (Å²) in [7, 11) is 0. The number of carbonyl (C=O) groups is 1. The SMILES string of the molecule is Cc1ccc(NC(=O)c2cc(-c3ccc(F)cc3)nc3onc(C)c23)cc1C. The number of nitrogens with zero attached hydrogens (tertiary/aromatic N) is 2. The molecular weight excluding hydrogens is 357 g/mol. The Kier molecular flexibility index (Phi) is 4.39. The molecule has 0 aliphatic heterocycles. The number of hydrogen-bond acceptors (Lipinski definition) is 4. The summed E-state index contributed by atoms with van der Waals surface area (Å²) < 4.78 is 18.6. The molecular formula is C22H18FN3O2. The quantitative estimate of drug-likeness (QED) is 0.534. The average Bonchev–Trinajstić information content (AvgIpc) is 3.05. The highest BCUT2D eigenvalue weighted by Gasteiger charge is 2.19. The Labute approximate surface area is 161 Å². The first kappa shape index (κ1) is 17.9. The molecule has 0 aliphatic rings. The fraction of sp³-hybridized carbons (Fsp3) is 0.136. The number of pyridine rings is 1. The summed E-state index contributed by atoms with van der Waals surface area (Å²) in [4.78, 5) is 17.5. The summed E-state index contributed by atoms with van der Waals surface area (Å²) in [5.74, 6) is -0.627. The van der Waals surface area contributed by atoms with Crippen molar-refractivity contribution in [2.24, 2.45) is 0 Å². The number of aryl methyl sites for hydroxylation is 3. The lowest BCUT2D eigenvalue weighted by molar-refractivity contribution is 0.102. The van der Waals surface area contributed by atoms with Crippen molar-refractivity contribution in [1.82, 2.24) is 10.1 Å². The van der Waals surface area contributed by atoms with Gasteiger partial charge in [-0.15, -0.1) is 0 Å². The number of hydrogen-bond donors (Lipinski definition) is 1. The van der Waals surface area contributed by atoms with Gasteiger partial charge in [-0.2, -0.15) is 0 Å². The van der Waals surface area contributed by atoms with Crippen LogP contribution < -0.4 is 5.32 Å². The molecule has 4 aromatic rings. The number of fused-ring (bicyclic) bond motifs is 1. The molecule has 4 rings (SSSR count). The van der Waals surface area contributed by atoms with E-state index in [1.807, 2.05) is 32.0 Å². The first-order chi connectivity index (χ1) is 13.4. The fourth-order valence-corrected chi connectivity index (χ4v) is 3.06. The molecule has 2 heterocycles. The lowest BCUT2D eigenvalue weighted by atomic mass is 10.0. The van der Waals surface area contributed by atoms with Gasteiger partial charge in [-0.05, 0) is 74.4 Å². The Bertz CT molecular complexity index is 1200. The molecule has 6 heteroatoms. The minimum Gasteiger partial charge on any atom is -0.335 e. The van der Waals surface area contributed by atoms with Gasteiger partial charge in [0.05, 0.1) is 22.3 Å². The Morgan fingerprint density at radius 2 is 1.75 bits per heavy atom. The van der Waals surface area contributed by atoms with E-state index in [0.717, 1.165) is 11.1 Å². The highest BCUT2D eigenvalue weighted by atomic mass is 19.1. The van der Waals surface area contributed by atoms with Crippen LogP contribution in [0.25, 0.3) is 22.4 Å². The van der Waals surface area contributed by atoms with Crippen molar-refractivity contribution in [2.45, 2.75) is 20.8 Å². The molecule has 0 unspecified atom stereocenters. The predicted octanol–water partition coefficient (Wildman–Crippen LogP) is 5.21. The lowest BCUT2D eigenvalue weighted by Crippen LogP contribution is -2.13. The van der Waals surface area contributed by atoms with Crippen LogP contribution >= 0.6 is 0 Å². The topological polar surface area (TPSA) is 68.0 Å². The molecule has 0 saturated carbocycles. The van der Waals surface area contributed by atoms with Gasteiger partial charge in [0.15, 0.2) is 0 Å². The molecule has 2 aromatic heterocycles. The molecule has 0 fully saturated rings. The van der Waals surface area contributed by atoms with Gasteiger partial charge < -0.3 is 9.84 Å². The van der Waals surface area contributed by atoms with Gasteiger partial charge in [-0.1, -0.05) is 11.2 Å². The van der Waals surface area contributed by atoms with Gasteiger partial charge in [-0.3, -0.25) is 4.79 Å². The highest BCUT2D eigenvalue weighted by molar-refractivity contribution is 6.13. The van der Waals surface area contributed by atoms with Crippen molar-refractivity contribution in [1.29, 1.82) is 0 Å². The predicted molar refractivity (Wildman–Crippen MR) is 106 cm³/mol. The molecule has 28 heavy (non-hydrogen) atoms. The molecule has 1 N–H and O–H groups in total. The minimum atomic E-state index is -0.340.